The predicted octanol–water partition coefficient (Wildman–Crippen LogP) is 3.58. The van der Waals surface area contributed by atoms with Gasteiger partial charge in [0.25, 0.3) is 0 Å². The summed E-state index contributed by atoms with van der Waals surface area (Å²) in [6, 6.07) is 4.83. The SMILES string of the molecule is O=C(O)C(NCc1cccs1)c1ncc(Br)cc1Br. The first-order valence-corrected chi connectivity index (χ1v) is 7.84. The standard InChI is InChI=1S/C12H10Br2N2O2S/c13-7-4-9(14)10(15-5-7)11(12(17)18)16-6-8-2-1-3-19-8/h1-5,11,16H,6H2,(H,17,18). The van der Waals surface area contributed by atoms with Crippen molar-refractivity contribution in [1.29, 1.82) is 0 Å². The molecule has 100 valence electrons. The predicted molar refractivity (Wildman–Crippen MR) is 81.2 cm³/mol. The van der Waals surface area contributed by atoms with Crippen LogP contribution in [0.4, 0.5) is 0 Å². The van der Waals surface area contributed by atoms with E-state index in [9.17, 15) is 9.90 Å². The summed E-state index contributed by atoms with van der Waals surface area (Å²) >= 11 is 8.22. The second kappa shape index (κ2) is 6.60. The summed E-state index contributed by atoms with van der Waals surface area (Å²) in [5, 5.41) is 14.3. The molecule has 2 rings (SSSR count). The highest BCUT2D eigenvalue weighted by Crippen LogP contribution is 2.25. The molecule has 19 heavy (non-hydrogen) atoms. The molecule has 0 saturated carbocycles. The third-order valence-electron chi connectivity index (χ3n) is 2.42. The maximum absolute atomic E-state index is 11.4. The lowest BCUT2D eigenvalue weighted by molar-refractivity contribution is -0.139. The van der Waals surface area contributed by atoms with E-state index in [1.54, 1.807) is 23.6 Å². The van der Waals surface area contributed by atoms with Crippen LogP contribution in [0.5, 0.6) is 0 Å². The van der Waals surface area contributed by atoms with Crippen LogP contribution >= 0.6 is 43.2 Å². The number of pyridine rings is 1. The van der Waals surface area contributed by atoms with Crippen LogP contribution in [0.1, 0.15) is 16.6 Å². The van der Waals surface area contributed by atoms with Crippen molar-refractivity contribution in [3.63, 3.8) is 0 Å². The number of aromatic nitrogens is 1. The number of carboxylic acids is 1. The zero-order chi connectivity index (χ0) is 13.8. The first-order valence-electron chi connectivity index (χ1n) is 5.37. The molecular formula is C12H10Br2N2O2S. The number of halogens is 2. The van der Waals surface area contributed by atoms with E-state index >= 15 is 0 Å². The molecular weight excluding hydrogens is 396 g/mol. The van der Waals surface area contributed by atoms with E-state index in [1.165, 1.54) is 0 Å². The van der Waals surface area contributed by atoms with Gasteiger partial charge in [0.15, 0.2) is 0 Å². The Balaban J connectivity index is 2.17. The maximum atomic E-state index is 11.4. The Bertz CT molecular complexity index is 575. The van der Waals surface area contributed by atoms with Gasteiger partial charge in [0.1, 0.15) is 6.04 Å². The van der Waals surface area contributed by atoms with Crippen molar-refractivity contribution in [1.82, 2.24) is 10.3 Å². The van der Waals surface area contributed by atoms with Gasteiger partial charge >= 0.3 is 5.97 Å². The highest BCUT2D eigenvalue weighted by Gasteiger charge is 2.23. The number of carbonyl (C=O) groups is 1. The van der Waals surface area contributed by atoms with Crippen molar-refractivity contribution in [2.75, 3.05) is 0 Å². The van der Waals surface area contributed by atoms with Gasteiger partial charge in [-0.05, 0) is 49.4 Å². The monoisotopic (exact) mass is 404 g/mol. The van der Waals surface area contributed by atoms with E-state index < -0.39 is 12.0 Å². The van der Waals surface area contributed by atoms with Gasteiger partial charge in [-0.25, -0.2) is 0 Å². The van der Waals surface area contributed by atoms with E-state index in [1.807, 2.05) is 17.5 Å². The van der Waals surface area contributed by atoms with E-state index in [2.05, 4.69) is 42.2 Å². The van der Waals surface area contributed by atoms with E-state index in [0.717, 1.165) is 9.35 Å². The lowest BCUT2D eigenvalue weighted by Gasteiger charge is -2.15. The lowest BCUT2D eigenvalue weighted by Crippen LogP contribution is -2.29. The molecule has 0 fully saturated rings. The van der Waals surface area contributed by atoms with Crippen molar-refractivity contribution in [2.24, 2.45) is 0 Å². The van der Waals surface area contributed by atoms with Crippen LogP contribution in [0, 0.1) is 0 Å². The second-order valence-electron chi connectivity index (χ2n) is 3.75. The van der Waals surface area contributed by atoms with Crippen molar-refractivity contribution >= 4 is 49.2 Å². The zero-order valence-corrected chi connectivity index (χ0v) is 13.6. The van der Waals surface area contributed by atoms with Gasteiger partial charge in [-0.3, -0.25) is 15.1 Å². The summed E-state index contributed by atoms with van der Waals surface area (Å²) < 4.78 is 1.46. The summed E-state index contributed by atoms with van der Waals surface area (Å²) in [4.78, 5) is 16.6. The van der Waals surface area contributed by atoms with Crippen LogP contribution in [0.25, 0.3) is 0 Å². The van der Waals surface area contributed by atoms with Crippen molar-refractivity contribution in [3.8, 4) is 0 Å². The lowest BCUT2D eigenvalue weighted by atomic mass is 10.2. The number of aliphatic carboxylic acids is 1. The molecule has 0 aromatic carbocycles. The molecule has 4 nitrogen and oxygen atoms in total. The fraction of sp³-hybridized carbons (Fsp3) is 0.167. The summed E-state index contributed by atoms with van der Waals surface area (Å²) in [7, 11) is 0. The molecule has 2 heterocycles. The van der Waals surface area contributed by atoms with Crippen LogP contribution < -0.4 is 5.32 Å². The number of thiophene rings is 1. The average Bonchev–Trinajstić information content (AvgIpc) is 2.84. The van der Waals surface area contributed by atoms with Gasteiger partial charge in [0.2, 0.25) is 0 Å². The second-order valence-corrected chi connectivity index (χ2v) is 6.55. The molecule has 2 aromatic heterocycles. The fourth-order valence-electron chi connectivity index (χ4n) is 1.55. The summed E-state index contributed by atoms with van der Waals surface area (Å²) in [6.07, 6.45) is 1.59. The third kappa shape index (κ3) is 3.85. The molecule has 2 N–H and O–H groups in total. The van der Waals surface area contributed by atoms with E-state index in [4.69, 9.17) is 0 Å². The Morgan fingerprint density at radius 1 is 1.53 bits per heavy atom. The van der Waals surface area contributed by atoms with Crippen molar-refractivity contribution in [3.05, 3.63) is 49.3 Å². The number of nitrogens with one attached hydrogen (secondary N) is 1. The molecule has 0 bridgehead atoms. The minimum Gasteiger partial charge on any atom is -0.480 e. The van der Waals surface area contributed by atoms with E-state index in [-0.39, 0.29) is 0 Å². The molecule has 0 amide bonds. The highest BCUT2D eigenvalue weighted by atomic mass is 79.9. The van der Waals surface area contributed by atoms with Gasteiger partial charge in [-0.2, -0.15) is 0 Å². The molecule has 0 aliphatic heterocycles. The highest BCUT2D eigenvalue weighted by molar-refractivity contribution is 9.11. The van der Waals surface area contributed by atoms with Gasteiger partial charge in [-0.15, -0.1) is 11.3 Å². The summed E-state index contributed by atoms with van der Waals surface area (Å²) in [5.74, 6) is -0.952. The number of nitrogens with zero attached hydrogens (tertiary/aromatic N) is 1. The first kappa shape index (κ1) is 14.6. The molecule has 0 saturated heterocycles. The van der Waals surface area contributed by atoms with Crippen LogP contribution in [-0.2, 0) is 11.3 Å². The Morgan fingerprint density at radius 2 is 2.32 bits per heavy atom. The van der Waals surface area contributed by atoms with Gasteiger partial charge in [-0.1, -0.05) is 6.07 Å². The Morgan fingerprint density at radius 3 is 2.89 bits per heavy atom. The molecule has 0 aliphatic carbocycles. The number of carboxylic acid groups (broad SMARTS) is 1. The van der Waals surface area contributed by atoms with E-state index in [0.29, 0.717) is 16.7 Å². The Labute approximate surface area is 131 Å². The third-order valence-corrected chi connectivity index (χ3v) is 4.36. The largest absolute Gasteiger partial charge is 0.480 e. The smallest absolute Gasteiger partial charge is 0.327 e. The molecule has 0 radical (unpaired) electrons. The van der Waals surface area contributed by atoms with Crippen molar-refractivity contribution in [2.45, 2.75) is 12.6 Å². The summed E-state index contributed by atoms with van der Waals surface area (Å²) in [6.45, 7) is 0.499. The first-order chi connectivity index (χ1) is 9.08. The normalized spacial score (nSPS) is 12.3. The minimum atomic E-state index is -0.952. The van der Waals surface area contributed by atoms with Crippen LogP contribution in [0.3, 0.4) is 0 Å². The number of hydrogen-bond donors (Lipinski definition) is 2. The van der Waals surface area contributed by atoms with Crippen LogP contribution in [0.15, 0.2) is 38.7 Å². The van der Waals surface area contributed by atoms with Crippen LogP contribution in [-0.4, -0.2) is 16.1 Å². The average molecular weight is 406 g/mol. The number of rotatable bonds is 5. The summed E-state index contributed by atoms with van der Waals surface area (Å²) in [5.41, 5.74) is 0.465. The molecule has 1 unspecified atom stereocenters. The van der Waals surface area contributed by atoms with Gasteiger partial charge in [0, 0.05) is 26.6 Å². The molecule has 7 heteroatoms. The topological polar surface area (TPSA) is 62.2 Å². The molecule has 1 atom stereocenters. The zero-order valence-electron chi connectivity index (χ0n) is 9.64. The molecule has 2 aromatic rings. The Kier molecular flexibility index (Phi) is 5.09. The molecule has 0 aliphatic rings. The van der Waals surface area contributed by atoms with Crippen molar-refractivity contribution < 1.29 is 9.90 Å². The Hall–Kier alpha value is -0.760. The van der Waals surface area contributed by atoms with Crippen LogP contribution in [0.2, 0.25) is 0 Å². The number of hydrogen-bond acceptors (Lipinski definition) is 4. The minimum absolute atomic E-state index is 0.465. The maximum Gasteiger partial charge on any atom is 0.327 e. The quantitative estimate of drug-likeness (QED) is 0.797. The fourth-order valence-corrected chi connectivity index (χ4v) is 3.43. The van der Waals surface area contributed by atoms with Gasteiger partial charge < -0.3 is 5.11 Å². The van der Waals surface area contributed by atoms with Gasteiger partial charge in [0.05, 0.1) is 5.69 Å². The molecule has 0 spiro atoms.